The summed E-state index contributed by atoms with van der Waals surface area (Å²) in [5, 5.41) is 6.91. The molecule has 5 heteroatoms. The lowest BCUT2D eigenvalue weighted by molar-refractivity contribution is 0.535. The van der Waals surface area contributed by atoms with E-state index in [-0.39, 0.29) is 12.4 Å². The van der Waals surface area contributed by atoms with Crippen LogP contribution in [0.1, 0.15) is 18.4 Å². The highest BCUT2D eigenvalue weighted by atomic mass is 79.9. The molecule has 1 aromatic rings. The molecule has 1 unspecified atom stereocenters. The van der Waals surface area contributed by atoms with Crippen molar-refractivity contribution >= 4 is 28.3 Å². The van der Waals surface area contributed by atoms with E-state index in [2.05, 4.69) is 37.6 Å². The van der Waals surface area contributed by atoms with Gasteiger partial charge in [0.05, 0.1) is 0 Å². The lowest BCUT2D eigenvalue weighted by Crippen LogP contribution is -2.33. The predicted octanol–water partition coefficient (Wildman–Crippen LogP) is 2.11. The third-order valence-corrected chi connectivity index (χ3v) is 3.14. The molecular formula is C11H17BrClN3. The second kappa shape index (κ2) is 7.22. The van der Waals surface area contributed by atoms with Crippen LogP contribution in [-0.4, -0.2) is 24.1 Å². The molecule has 1 aliphatic heterocycles. The number of hydrogen-bond donors (Lipinski definition) is 2. The topological polar surface area (TPSA) is 37.0 Å². The van der Waals surface area contributed by atoms with Crippen molar-refractivity contribution in [2.24, 2.45) is 0 Å². The summed E-state index contributed by atoms with van der Waals surface area (Å²) in [5.74, 6) is 0. The van der Waals surface area contributed by atoms with Gasteiger partial charge in [0.15, 0.2) is 0 Å². The highest BCUT2D eigenvalue weighted by molar-refractivity contribution is 9.10. The van der Waals surface area contributed by atoms with Crippen molar-refractivity contribution in [1.29, 1.82) is 0 Å². The van der Waals surface area contributed by atoms with E-state index in [1.165, 1.54) is 24.9 Å². The van der Waals surface area contributed by atoms with E-state index < -0.39 is 0 Å². The fourth-order valence-corrected chi connectivity index (χ4v) is 2.07. The molecule has 0 aliphatic carbocycles. The van der Waals surface area contributed by atoms with Crippen LogP contribution in [0.15, 0.2) is 22.9 Å². The fourth-order valence-electron chi connectivity index (χ4n) is 1.83. The number of rotatable bonds is 4. The largest absolute Gasteiger partial charge is 0.313 e. The third-order valence-electron chi connectivity index (χ3n) is 2.67. The number of halogens is 2. The zero-order chi connectivity index (χ0) is 10.5. The first-order valence-electron chi connectivity index (χ1n) is 5.39. The van der Waals surface area contributed by atoms with Gasteiger partial charge in [-0.15, -0.1) is 12.4 Å². The number of nitrogens with one attached hydrogen (secondary N) is 2. The zero-order valence-electron chi connectivity index (χ0n) is 9.08. The van der Waals surface area contributed by atoms with Crippen LogP contribution in [0.5, 0.6) is 0 Å². The van der Waals surface area contributed by atoms with Crippen LogP contribution in [-0.2, 0) is 6.54 Å². The molecule has 1 aromatic heterocycles. The van der Waals surface area contributed by atoms with Crippen molar-refractivity contribution in [2.45, 2.75) is 25.4 Å². The Morgan fingerprint density at radius 1 is 1.50 bits per heavy atom. The molecule has 90 valence electrons. The van der Waals surface area contributed by atoms with Gasteiger partial charge in [-0.2, -0.15) is 0 Å². The SMILES string of the molecule is Brc1ccc(CNCC2CCCN2)cn1.Cl. The quantitative estimate of drug-likeness (QED) is 0.837. The van der Waals surface area contributed by atoms with Gasteiger partial charge in [-0.05, 0) is 46.9 Å². The lowest BCUT2D eigenvalue weighted by Gasteiger charge is -2.11. The molecule has 1 saturated heterocycles. The van der Waals surface area contributed by atoms with Crippen molar-refractivity contribution in [3.63, 3.8) is 0 Å². The van der Waals surface area contributed by atoms with Gasteiger partial charge in [-0.1, -0.05) is 6.07 Å². The summed E-state index contributed by atoms with van der Waals surface area (Å²) in [6.45, 7) is 3.13. The summed E-state index contributed by atoms with van der Waals surface area (Å²) in [6, 6.07) is 4.73. The molecular weight excluding hydrogens is 289 g/mol. The Morgan fingerprint density at radius 2 is 2.38 bits per heavy atom. The molecule has 2 rings (SSSR count). The van der Waals surface area contributed by atoms with E-state index >= 15 is 0 Å². The molecule has 2 heterocycles. The second-order valence-corrected chi connectivity index (χ2v) is 4.73. The van der Waals surface area contributed by atoms with E-state index in [0.717, 1.165) is 17.7 Å². The van der Waals surface area contributed by atoms with Gasteiger partial charge in [-0.25, -0.2) is 4.98 Å². The summed E-state index contributed by atoms with van der Waals surface area (Å²) in [5.41, 5.74) is 1.23. The number of aromatic nitrogens is 1. The summed E-state index contributed by atoms with van der Waals surface area (Å²) >= 11 is 3.33. The fraction of sp³-hybridized carbons (Fsp3) is 0.545. The first kappa shape index (κ1) is 13.9. The molecule has 16 heavy (non-hydrogen) atoms. The smallest absolute Gasteiger partial charge is 0.106 e. The molecule has 1 aliphatic rings. The van der Waals surface area contributed by atoms with E-state index in [1.807, 2.05) is 12.3 Å². The van der Waals surface area contributed by atoms with E-state index in [4.69, 9.17) is 0 Å². The van der Waals surface area contributed by atoms with Gasteiger partial charge in [-0.3, -0.25) is 0 Å². The second-order valence-electron chi connectivity index (χ2n) is 3.91. The summed E-state index contributed by atoms with van der Waals surface area (Å²) < 4.78 is 0.892. The number of hydrogen-bond acceptors (Lipinski definition) is 3. The normalized spacial score (nSPS) is 19.4. The Kier molecular flexibility index (Phi) is 6.28. The van der Waals surface area contributed by atoms with Crippen molar-refractivity contribution in [1.82, 2.24) is 15.6 Å². The maximum atomic E-state index is 4.19. The average molecular weight is 307 g/mol. The van der Waals surface area contributed by atoms with E-state index in [9.17, 15) is 0 Å². The number of pyridine rings is 1. The van der Waals surface area contributed by atoms with Crippen LogP contribution < -0.4 is 10.6 Å². The Labute approximate surface area is 111 Å². The zero-order valence-corrected chi connectivity index (χ0v) is 11.5. The highest BCUT2D eigenvalue weighted by Crippen LogP contribution is 2.07. The summed E-state index contributed by atoms with van der Waals surface area (Å²) in [7, 11) is 0. The van der Waals surface area contributed by atoms with Gasteiger partial charge < -0.3 is 10.6 Å². The van der Waals surface area contributed by atoms with Crippen LogP contribution in [0.4, 0.5) is 0 Å². The lowest BCUT2D eigenvalue weighted by atomic mass is 10.2. The summed E-state index contributed by atoms with van der Waals surface area (Å²) in [4.78, 5) is 4.19. The molecule has 0 spiro atoms. The molecule has 2 N–H and O–H groups in total. The van der Waals surface area contributed by atoms with Crippen molar-refractivity contribution < 1.29 is 0 Å². The van der Waals surface area contributed by atoms with Crippen LogP contribution in [0, 0.1) is 0 Å². The molecule has 0 aromatic carbocycles. The van der Waals surface area contributed by atoms with Crippen LogP contribution in [0.2, 0.25) is 0 Å². The van der Waals surface area contributed by atoms with E-state index in [0.29, 0.717) is 6.04 Å². The molecule has 0 saturated carbocycles. The van der Waals surface area contributed by atoms with Crippen LogP contribution >= 0.6 is 28.3 Å². The van der Waals surface area contributed by atoms with Crippen LogP contribution in [0.3, 0.4) is 0 Å². The molecule has 0 amide bonds. The van der Waals surface area contributed by atoms with Crippen molar-refractivity contribution in [3.8, 4) is 0 Å². The molecule has 1 atom stereocenters. The maximum absolute atomic E-state index is 4.19. The third kappa shape index (κ3) is 4.37. The highest BCUT2D eigenvalue weighted by Gasteiger charge is 2.12. The first-order valence-corrected chi connectivity index (χ1v) is 6.18. The van der Waals surface area contributed by atoms with Crippen molar-refractivity contribution in [3.05, 3.63) is 28.5 Å². The minimum absolute atomic E-state index is 0. The Morgan fingerprint density at radius 3 is 3.00 bits per heavy atom. The number of nitrogens with zero attached hydrogens (tertiary/aromatic N) is 1. The molecule has 0 radical (unpaired) electrons. The average Bonchev–Trinajstić information content (AvgIpc) is 2.74. The molecule has 0 bridgehead atoms. The maximum Gasteiger partial charge on any atom is 0.106 e. The van der Waals surface area contributed by atoms with Crippen LogP contribution in [0.25, 0.3) is 0 Å². The molecule has 1 fully saturated rings. The first-order chi connectivity index (χ1) is 7.34. The predicted molar refractivity (Wildman–Crippen MR) is 71.9 cm³/mol. The molecule has 3 nitrogen and oxygen atoms in total. The monoisotopic (exact) mass is 305 g/mol. The van der Waals surface area contributed by atoms with E-state index in [1.54, 1.807) is 0 Å². The van der Waals surface area contributed by atoms with Gasteiger partial charge in [0.1, 0.15) is 4.60 Å². The minimum Gasteiger partial charge on any atom is -0.313 e. The van der Waals surface area contributed by atoms with Crippen molar-refractivity contribution in [2.75, 3.05) is 13.1 Å². The van der Waals surface area contributed by atoms with Gasteiger partial charge >= 0.3 is 0 Å². The minimum atomic E-state index is 0. The standard InChI is InChI=1S/C11H16BrN3.ClH/c12-11-4-3-9(7-15-11)6-13-8-10-2-1-5-14-10;/h3-4,7,10,13-14H,1-2,5-6,8H2;1H. The van der Waals surface area contributed by atoms with Gasteiger partial charge in [0.2, 0.25) is 0 Å². The Hall–Kier alpha value is -0.160. The Balaban J connectivity index is 0.00000128. The van der Waals surface area contributed by atoms with Gasteiger partial charge in [0.25, 0.3) is 0 Å². The van der Waals surface area contributed by atoms with Gasteiger partial charge in [0, 0.05) is 25.3 Å². The Bertz CT molecular complexity index is 299. The summed E-state index contributed by atoms with van der Waals surface area (Å²) in [6.07, 6.45) is 4.51.